The molecule has 3 atom stereocenters. The monoisotopic (exact) mass is 469 g/mol. The number of benzene rings is 1. The normalized spacial score (nSPS) is 26.6. The number of carbonyl (C=O) groups excluding carboxylic acids is 2. The molecule has 188 valence electrons. The van der Waals surface area contributed by atoms with Gasteiger partial charge in [0.2, 0.25) is 0 Å². The summed E-state index contributed by atoms with van der Waals surface area (Å²) in [6.45, 7) is 12.5. The SMILES string of the molecule is C=CC1C[C@](C)(OC(=O)C2(c3ccccc3)CCCCCC2)C1CCNCC(=O)OC(C)(C)C. The van der Waals surface area contributed by atoms with E-state index in [-0.39, 0.29) is 24.4 Å². The van der Waals surface area contributed by atoms with Crippen LogP contribution in [0.15, 0.2) is 43.0 Å². The maximum Gasteiger partial charge on any atom is 0.320 e. The highest BCUT2D eigenvalue weighted by molar-refractivity contribution is 5.83. The smallest absolute Gasteiger partial charge is 0.320 e. The van der Waals surface area contributed by atoms with Crippen LogP contribution in [0, 0.1) is 11.8 Å². The lowest BCUT2D eigenvalue weighted by Crippen LogP contribution is -2.57. The zero-order chi connectivity index (χ0) is 24.8. The average molecular weight is 470 g/mol. The number of rotatable bonds is 9. The molecule has 2 unspecified atom stereocenters. The van der Waals surface area contributed by atoms with Crippen molar-refractivity contribution in [3.05, 3.63) is 48.6 Å². The molecule has 1 aromatic rings. The van der Waals surface area contributed by atoms with E-state index in [4.69, 9.17) is 9.47 Å². The maximum atomic E-state index is 13.8. The van der Waals surface area contributed by atoms with Gasteiger partial charge in [-0.3, -0.25) is 9.59 Å². The van der Waals surface area contributed by atoms with Crippen LogP contribution in [0.3, 0.4) is 0 Å². The van der Waals surface area contributed by atoms with Crippen LogP contribution >= 0.6 is 0 Å². The molecule has 0 radical (unpaired) electrons. The van der Waals surface area contributed by atoms with Crippen LogP contribution in [0.25, 0.3) is 0 Å². The quantitative estimate of drug-likeness (QED) is 0.217. The van der Waals surface area contributed by atoms with E-state index in [9.17, 15) is 9.59 Å². The van der Waals surface area contributed by atoms with Crippen molar-refractivity contribution < 1.29 is 19.1 Å². The molecule has 3 rings (SSSR count). The van der Waals surface area contributed by atoms with E-state index in [2.05, 4.69) is 31.0 Å². The van der Waals surface area contributed by atoms with Crippen LogP contribution in [0.4, 0.5) is 0 Å². The van der Waals surface area contributed by atoms with Gasteiger partial charge in [0, 0.05) is 5.92 Å². The van der Waals surface area contributed by atoms with Gasteiger partial charge in [0.05, 0.1) is 12.0 Å². The van der Waals surface area contributed by atoms with Crippen molar-refractivity contribution in [1.82, 2.24) is 5.32 Å². The number of hydrogen-bond donors (Lipinski definition) is 1. The lowest BCUT2D eigenvalue weighted by atomic mass is 9.60. The summed E-state index contributed by atoms with van der Waals surface area (Å²) in [6, 6.07) is 10.2. The highest BCUT2D eigenvalue weighted by Gasteiger charge is 2.54. The van der Waals surface area contributed by atoms with Crippen LogP contribution in [0.1, 0.15) is 84.6 Å². The van der Waals surface area contributed by atoms with E-state index in [1.165, 1.54) is 12.8 Å². The van der Waals surface area contributed by atoms with Gasteiger partial charge < -0.3 is 14.8 Å². The van der Waals surface area contributed by atoms with Crippen molar-refractivity contribution in [2.45, 2.75) is 95.7 Å². The largest absolute Gasteiger partial charge is 0.459 e. The first-order valence-electron chi connectivity index (χ1n) is 12.9. The zero-order valence-corrected chi connectivity index (χ0v) is 21.5. The Bertz CT molecular complexity index is 835. The Labute approximate surface area is 205 Å². The summed E-state index contributed by atoms with van der Waals surface area (Å²) in [7, 11) is 0. The van der Waals surface area contributed by atoms with E-state index < -0.39 is 16.6 Å². The molecule has 2 aliphatic rings. The number of hydrogen-bond acceptors (Lipinski definition) is 5. The minimum absolute atomic E-state index is 0.0719. The molecule has 34 heavy (non-hydrogen) atoms. The van der Waals surface area contributed by atoms with Crippen molar-refractivity contribution in [3.8, 4) is 0 Å². The second-order valence-electron chi connectivity index (χ2n) is 11.3. The zero-order valence-electron chi connectivity index (χ0n) is 21.5. The Morgan fingerprint density at radius 3 is 2.35 bits per heavy atom. The van der Waals surface area contributed by atoms with Gasteiger partial charge in [-0.1, -0.05) is 62.1 Å². The molecule has 0 aliphatic heterocycles. The highest BCUT2D eigenvalue weighted by atomic mass is 16.6. The van der Waals surface area contributed by atoms with E-state index in [0.29, 0.717) is 12.5 Å². The van der Waals surface area contributed by atoms with Crippen LogP contribution in [0.5, 0.6) is 0 Å². The predicted molar refractivity (Wildman–Crippen MR) is 135 cm³/mol. The van der Waals surface area contributed by atoms with Gasteiger partial charge in [0.15, 0.2) is 0 Å². The summed E-state index contributed by atoms with van der Waals surface area (Å²) >= 11 is 0. The molecule has 2 fully saturated rings. The number of carbonyl (C=O) groups is 2. The van der Waals surface area contributed by atoms with Crippen molar-refractivity contribution in [1.29, 1.82) is 0 Å². The van der Waals surface area contributed by atoms with Crippen molar-refractivity contribution in [3.63, 3.8) is 0 Å². The van der Waals surface area contributed by atoms with Crippen molar-refractivity contribution in [2.24, 2.45) is 11.8 Å². The third kappa shape index (κ3) is 6.29. The van der Waals surface area contributed by atoms with Crippen molar-refractivity contribution >= 4 is 11.9 Å². The van der Waals surface area contributed by atoms with E-state index in [0.717, 1.165) is 44.1 Å². The van der Waals surface area contributed by atoms with Gasteiger partial charge in [-0.25, -0.2) is 0 Å². The average Bonchev–Trinajstić information content (AvgIpc) is 3.04. The van der Waals surface area contributed by atoms with E-state index >= 15 is 0 Å². The molecule has 5 nitrogen and oxygen atoms in total. The second kappa shape index (κ2) is 11.1. The Balaban J connectivity index is 1.65. The summed E-state index contributed by atoms with van der Waals surface area (Å²) in [5.74, 6) is 0.160. The Morgan fingerprint density at radius 2 is 1.76 bits per heavy atom. The molecule has 0 amide bonds. The van der Waals surface area contributed by atoms with E-state index in [1.54, 1.807) is 0 Å². The van der Waals surface area contributed by atoms with Gasteiger partial charge in [0.25, 0.3) is 0 Å². The minimum Gasteiger partial charge on any atom is -0.459 e. The second-order valence-corrected chi connectivity index (χ2v) is 11.3. The topological polar surface area (TPSA) is 64.6 Å². The lowest BCUT2D eigenvalue weighted by Gasteiger charge is -2.52. The number of esters is 2. The molecule has 0 bridgehead atoms. The fourth-order valence-corrected chi connectivity index (χ4v) is 5.77. The van der Waals surface area contributed by atoms with Crippen LogP contribution in [-0.4, -0.2) is 36.2 Å². The fraction of sp³-hybridized carbons (Fsp3) is 0.655. The van der Waals surface area contributed by atoms with Gasteiger partial charge in [-0.05, 0) is 71.4 Å². The molecule has 0 heterocycles. The molecule has 0 spiro atoms. The molecule has 5 heteroatoms. The van der Waals surface area contributed by atoms with Gasteiger partial charge in [-0.2, -0.15) is 0 Å². The van der Waals surface area contributed by atoms with Crippen LogP contribution in [-0.2, 0) is 24.5 Å². The first-order valence-corrected chi connectivity index (χ1v) is 12.9. The lowest BCUT2D eigenvalue weighted by molar-refractivity contribution is -0.194. The van der Waals surface area contributed by atoms with E-state index in [1.807, 2.05) is 45.0 Å². The number of ether oxygens (including phenoxy) is 2. The summed E-state index contributed by atoms with van der Waals surface area (Å²) in [4.78, 5) is 25.8. The molecular formula is C29H43NO4. The Hall–Kier alpha value is -2.14. The maximum absolute atomic E-state index is 13.8. The van der Waals surface area contributed by atoms with Crippen molar-refractivity contribution in [2.75, 3.05) is 13.1 Å². The summed E-state index contributed by atoms with van der Waals surface area (Å²) in [5, 5.41) is 3.20. The molecular weight excluding hydrogens is 426 g/mol. The summed E-state index contributed by atoms with van der Waals surface area (Å²) in [6.07, 6.45) is 9.71. The highest BCUT2D eigenvalue weighted by Crippen LogP contribution is 2.51. The summed E-state index contributed by atoms with van der Waals surface area (Å²) in [5.41, 5.74) is -0.474. The van der Waals surface area contributed by atoms with Gasteiger partial charge in [-0.15, -0.1) is 6.58 Å². The van der Waals surface area contributed by atoms with Crippen LogP contribution < -0.4 is 5.32 Å². The molecule has 2 saturated carbocycles. The molecule has 1 aromatic carbocycles. The molecule has 2 aliphatic carbocycles. The van der Waals surface area contributed by atoms with Gasteiger partial charge in [0.1, 0.15) is 11.2 Å². The fourth-order valence-electron chi connectivity index (χ4n) is 5.77. The molecule has 1 N–H and O–H groups in total. The Kier molecular flexibility index (Phi) is 8.62. The third-order valence-corrected chi connectivity index (χ3v) is 7.57. The van der Waals surface area contributed by atoms with Crippen LogP contribution in [0.2, 0.25) is 0 Å². The molecule has 0 aromatic heterocycles. The number of nitrogens with one attached hydrogen (secondary N) is 1. The predicted octanol–water partition coefficient (Wildman–Crippen LogP) is 5.72. The van der Waals surface area contributed by atoms with Gasteiger partial charge >= 0.3 is 11.9 Å². The molecule has 0 saturated heterocycles. The third-order valence-electron chi connectivity index (χ3n) is 7.57. The first-order chi connectivity index (χ1) is 16.1. The number of allylic oxidation sites excluding steroid dienone is 1. The Morgan fingerprint density at radius 1 is 1.12 bits per heavy atom. The summed E-state index contributed by atoms with van der Waals surface area (Å²) < 4.78 is 11.8. The first kappa shape index (κ1) is 26.5. The standard InChI is InChI=1S/C29H43NO4/c1-6-22-20-28(5,24(22)16-19-30-21-25(31)33-27(2,3)4)34-26(32)29(17-12-7-8-13-18-29)23-14-10-9-11-15-23/h6,9-11,14-15,22,24,30H,1,7-8,12-13,16-21H2,2-5H3/t22?,24?,28-/m0/s1. The minimum atomic E-state index is -0.556.